The van der Waals surface area contributed by atoms with Crippen LogP contribution in [0.15, 0.2) is 0 Å². The van der Waals surface area contributed by atoms with Crippen molar-refractivity contribution in [1.29, 1.82) is 0 Å². The second-order valence-electron chi connectivity index (χ2n) is 4.68. The van der Waals surface area contributed by atoms with Crippen molar-refractivity contribution in [1.82, 2.24) is 0 Å². The van der Waals surface area contributed by atoms with E-state index in [-0.39, 0.29) is 17.3 Å². The molecule has 0 aromatic heterocycles. The summed E-state index contributed by atoms with van der Waals surface area (Å²) in [7, 11) is 1.40. The van der Waals surface area contributed by atoms with Crippen LogP contribution >= 0.6 is 0 Å². The van der Waals surface area contributed by atoms with Crippen molar-refractivity contribution < 1.29 is 14.6 Å². The molecule has 80 valence electrons. The van der Waals surface area contributed by atoms with E-state index in [2.05, 4.69) is 0 Å². The molecule has 0 radical (unpaired) electrons. The Morgan fingerprint density at radius 1 is 1.36 bits per heavy atom. The van der Waals surface area contributed by atoms with Crippen molar-refractivity contribution in [3.8, 4) is 0 Å². The molecule has 0 aliphatic heterocycles. The minimum Gasteiger partial charge on any atom is -0.469 e. The fourth-order valence-electron chi connectivity index (χ4n) is 3.20. The molecule has 1 N–H and O–H groups in total. The molecule has 2 saturated carbocycles. The van der Waals surface area contributed by atoms with Crippen LogP contribution in [0, 0.1) is 11.3 Å². The Bertz CT molecular complexity index is 231. The van der Waals surface area contributed by atoms with Gasteiger partial charge in [0.1, 0.15) is 0 Å². The van der Waals surface area contributed by atoms with E-state index in [0.29, 0.717) is 0 Å². The Morgan fingerprint density at radius 2 is 2.00 bits per heavy atom. The summed E-state index contributed by atoms with van der Waals surface area (Å²) in [6, 6.07) is 0. The number of esters is 1. The fraction of sp³-hybridized carbons (Fsp3) is 0.909. The molecule has 0 amide bonds. The van der Waals surface area contributed by atoms with Crippen molar-refractivity contribution in [2.75, 3.05) is 7.11 Å². The smallest absolute Gasteiger partial charge is 0.311 e. The Hall–Kier alpha value is -0.570. The van der Waals surface area contributed by atoms with E-state index in [1.165, 1.54) is 20.0 Å². The quantitative estimate of drug-likeness (QED) is 0.649. The highest BCUT2D eigenvalue weighted by Crippen LogP contribution is 2.52. The summed E-state index contributed by atoms with van der Waals surface area (Å²) in [4.78, 5) is 11.4. The third-order valence-electron chi connectivity index (χ3n) is 4.07. The van der Waals surface area contributed by atoms with Gasteiger partial charge in [0.2, 0.25) is 0 Å². The van der Waals surface area contributed by atoms with Crippen LogP contribution in [-0.2, 0) is 9.53 Å². The first-order valence-electron chi connectivity index (χ1n) is 5.45. The van der Waals surface area contributed by atoms with E-state index in [1.807, 2.05) is 0 Å². The SMILES string of the molecule is COC(=O)C1CCC2(CCCC2)C1O. The van der Waals surface area contributed by atoms with Gasteiger partial charge in [-0.05, 0) is 31.1 Å². The highest BCUT2D eigenvalue weighted by molar-refractivity contribution is 5.73. The molecule has 2 aliphatic rings. The first-order valence-corrected chi connectivity index (χ1v) is 5.45. The first-order chi connectivity index (χ1) is 6.69. The number of rotatable bonds is 1. The van der Waals surface area contributed by atoms with Gasteiger partial charge in [-0.3, -0.25) is 4.79 Å². The fourth-order valence-corrected chi connectivity index (χ4v) is 3.20. The maximum absolute atomic E-state index is 11.4. The Labute approximate surface area is 84.4 Å². The van der Waals surface area contributed by atoms with Gasteiger partial charge in [-0.1, -0.05) is 12.8 Å². The molecule has 3 heteroatoms. The number of ether oxygens (including phenoxy) is 1. The zero-order valence-corrected chi connectivity index (χ0v) is 8.66. The van der Waals surface area contributed by atoms with Crippen LogP contribution in [0.4, 0.5) is 0 Å². The lowest BCUT2D eigenvalue weighted by atomic mass is 9.81. The standard InChI is InChI=1S/C11H18O3/c1-14-10(13)8-4-7-11(9(8)12)5-2-3-6-11/h8-9,12H,2-7H2,1H3. The van der Waals surface area contributed by atoms with Crippen LogP contribution < -0.4 is 0 Å². The third-order valence-corrected chi connectivity index (χ3v) is 4.07. The van der Waals surface area contributed by atoms with Gasteiger partial charge in [0.05, 0.1) is 19.1 Å². The molecule has 2 rings (SSSR count). The van der Waals surface area contributed by atoms with E-state index < -0.39 is 6.10 Å². The van der Waals surface area contributed by atoms with Crippen molar-refractivity contribution in [2.24, 2.45) is 11.3 Å². The minimum atomic E-state index is -0.461. The number of aliphatic hydroxyl groups is 1. The maximum Gasteiger partial charge on any atom is 0.311 e. The number of carbonyl (C=O) groups is 1. The van der Waals surface area contributed by atoms with Crippen LogP contribution in [0.3, 0.4) is 0 Å². The predicted molar refractivity (Wildman–Crippen MR) is 51.6 cm³/mol. The number of aliphatic hydroxyl groups excluding tert-OH is 1. The van der Waals surface area contributed by atoms with Crippen LogP contribution in [0.2, 0.25) is 0 Å². The predicted octanol–water partition coefficient (Wildman–Crippen LogP) is 1.49. The zero-order chi connectivity index (χ0) is 10.2. The van der Waals surface area contributed by atoms with Crippen LogP contribution in [-0.4, -0.2) is 24.3 Å². The Morgan fingerprint density at radius 3 is 2.57 bits per heavy atom. The van der Waals surface area contributed by atoms with Crippen LogP contribution in [0.1, 0.15) is 38.5 Å². The molecule has 0 saturated heterocycles. The largest absolute Gasteiger partial charge is 0.469 e. The molecule has 2 fully saturated rings. The lowest BCUT2D eigenvalue weighted by molar-refractivity contribution is -0.150. The van der Waals surface area contributed by atoms with E-state index in [0.717, 1.165) is 25.7 Å². The Balaban J connectivity index is 2.09. The number of carbonyl (C=O) groups excluding carboxylic acids is 1. The van der Waals surface area contributed by atoms with E-state index >= 15 is 0 Å². The van der Waals surface area contributed by atoms with Crippen LogP contribution in [0.25, 0.3) is 0 Å². The molecule has 14 heavy (non-hydrogen) atoms. The molecular formula is C11H18O3. The molecule has 3 nitrogen and oxygen atoms in total. The molecule has 2 atom stereocenters. The molecule has 2 unspecified atom stereocenters. The molecule has 1 spiro atoms. The van der Waals surface area contributed by atoms with Crippen molar-refractivity contribution in [3.63, 3.8) is 0 Å². The zero-order valence-electron chi connectivity index (χ0n) is 8.66. The summed E-state index contributed by atoms with van der Waals surface area (Å²) < 4.78 is 4.71. The molecule has 0 bridgehead atoms. The van der Waals surface area contributed by atoms with Gasteiger partial charge < -0.3 is 9.84 Å². The van der Waals surface area contributed by atoms with Gasteiger partial charge in [-0.15, -0.1) is 0 Å². The molecule has 2 aliphatic carbocycles. The van der Waals surface area contributed by atoms with E-state index in [4.69, 9.17) is 4.74 Å². The monoisotopic (exact) mass is 198 g/mol. The summed E-state index contributed by atoms with van der Waals surface area (Å²) in [5.41, 5.74) is 0.0544. The minimum absolute atomic E-state index is 0.0544. The average molecular weight is 198 g/mol. The van der Waals surface area contributed by atoms with E-state index in [1.54, 1.807) is 0 Å². The summed E-state index contributed by atoms with van der Waals surface area (Å²) in [5.74, 6) is -0.501. The van der Waals surface area contributed by atoms with Gasteiger partial charge in [0.25, 0.3) is 0 Å². The second-order valence-corrected chi connectivity index (χ2v) is 4.68. The highest BCUT2D eigenvalue weighted by Gasteiger charge is 2.51. The highest BCUT2D eigenvalue weighted by atomic mass is 16.5. The van der Waals surface area contributed by atoms with Gasteiger partial charge in [0.15, 0.2) is 0 Å². The van der Waals surface area contributed by atoms with Gasteiger partial charge in [0, 0.05) is 0 Å². The first kappa shape index (κ1) is 9.97. The molecule has 0 aromatic rings. The van der Waals surface area contributed by atoms with Crippen LogP contribution in [0.5, 0.6) is 0 Å². The summed E-state index contributed by atoms with van der Waals surface area (Å²) in [6.07, 6.45) is 5.90. The topological polar surface area (TPSA) is 46.5 Å². The van der Waals surface area contributed by atoms with Gasteiger partial charge in [-0.2, -0.15) is 0 Å². The molecular weight excluding hydrogens is 180 g/mol. The van der Waals surface area contributed by atoms with Crippen molar-refractivity contribution >= 4 is 5.97 Å². The average Bonchev–Trinajstić information content (AvgIpc) is 2.78. The normalized spacial score (nSPS) is 35.0. The summed E-state index contributed by atoms with van der Waals surface area (Å²) in [5, 5.41) is 10.1. The number of methoxy groups -OCH3 is 1. The third kappa shape index (κ3) is 1.34. The lowest BCUT2D eigenvalue weighted by Gasteiger charge is -2.28. The molecule has 0 aromatic carbocycles. The van der Waals surface area contributed by atoms with Gasteiger partial charge in [-0.25, -0.2) is 0 Å². The van der Waals surface area contributed by atoms with Gasteiger partial charge >= 0.3 is 5.97 Å². The summed E-state index contributed by atoms with van der Waals surface area (Å²) >= 11 is 0. The second kappa shape index (κ2) is 3.54. The Kier molecular flexibility index (Phi) is 2.52. The lowest BCUT2D eigenvalue weighted by Crippen LogP contribution is -2.34. The number of hydrogen-bond donors (Lipinski definition) is 1. The maximum atomic E-state index is 11.4. The summed E-state index contributed by atoms with van der Waals surface area (Å²) in [6.45, 7) is 0. The number of hydrogen-bond acceptors (Lipinski definition) is 3. The van der Waals surface area contributed by atoms with E-state index in [9.17, 15) is 9.90 Å². The molecule has 0 heterocycles. The van der Waals surface area contributed by atoms with Crippen molar-refractivity contribution in [3.05, 3.63) is 0 Å². The van der Waals surface area contributed by atoms with Crippen molar-refractivity contribution in [2.45, 2.75) is 44.6 Å².